The molecule has 0 bridgehead atoms. The number of nitriles is 1. The lowest BCUT2D eigenvalue weighted by Gasteiger charge is -2.22. The van der Waals surface area contributed by atoms with E-state index in [1.54, 1.807) is 4.90 Å². The molecule has 28 heavy (non-hydrogen) atoms. The highest BCUT2D eigenvalue weighted by Gasteiger charge is 2.27. The van der Waals surface area contributed by atoms with Crippen molar-refractivity contribution in [3.63, 3.8) is 0 Å². The molecule has 1 heterocycles. The fraction of sp³-hybridized carbons (Fsp3) is 0.667. The molecule has 7 nitrogen and oxygen atoms in total. The first kappa shape index (κ1) is 22.0. The van der Waals surface area contributed by atoms with Crippen LogP contribution in [0, 0.1) is 25.2 Å². The summed E-state index contributed by atoms with van der Waals surface area (Å²) < 4.78 is 2.14. The van der Waals surface area contributed by atoms with Crippen LogP contribution in [0.4, 0.5) is 5.82 Å². The number of carbonyl (C=O) groups is 2. The van der Waals surface area contributed by atoms with E-state index in [4.69, 9.17) is 0 Å². The third-order valence-corrected chi connectivity index (χ3v) is 5.45. The summed E-state index contributed by atoms with van der Waals surface area (Å²) in [5.74, 6) is 0.313. The first-order valence-corrected chi connectivity index (χ1v) is 10.2. The molecule has 0 radical (unpaired) electrons. The van der Waals surface area contributed by atoms with Crippen LogP contribution in [0.25, 0.3) is 0 Å². The maximum atomic E-state index is 12.7. The quantitative estimate of drug-likeness (QED) is 0.718. The molecule has 0 aromatic carbocycles. The normalized spacial score (nSPS) is 14.5. The van der Waals surface area contributed by atoms with Gasteiger partial charge in [0, 0.05) is 17.8 Å². The van der Waals surface area contributed by atoms with E-state index in [9.17, 15) is 14.9 Å². The number of amides is 2. The minimum atomic E-state index is -0.201. The molecule has 0 spiro atoms. The van der Waals surface area contributed by atoms with E-state index < -0.39 is 0 Å². The second-order valence-corrected chi connectivity index (χ2v) is 7.93. The number of hydrogen-bond acceptors (Lipinski definition) is 4. The van der Waals surface area contributed by atoms with Crippen LogP contribution in [0.5, 0.6) is 0 Å². The summed E-state index contributed by atoms with van der Waals surface area (Å²) in [5.41, 5.74) is 2.51. The minimum absolute atomic E-state index is 0.0684. The molecule has 2 rings (SSSR count). The van der Waals surface area contributed by atoms with E-state index in [2.05, 4.69) is 21.3 Å². The third-order valence-electron chi connectivity index (χ3n) is 5.45. The van der Waals surface area contributed by atoms with Crippen molar-refractivity contribution in [1.29, 1.82) is 5.26 Å². The van der Waals surface area contributed by atoms with Gasteiger partial charge in [0.1, 0.15) is 11.9 Å². The van der Waals surface area contributed by atoms with E-state index in [0.29, 0.717) is 24.0 Å². The van der Waals surface area contributed by atoms with Gasteiger partial charge in [0.15, 0.2) is 0 Å². The second-order valence-electron chi connectivity index (χ2n) is 7.93. The lowest BCUT2D eigenvalue weighted by atomic mass is 10.2. The van der Waals surface area contributed by atoms with E-state index in [1.807, 2.05) is 34.6 Å². The molecule has 0 saturated heterocycles. The number of nitrogens with zero attached hydrogens (tertiary/aromatic N) is 3. The predicted octanol–water partition coefficient (Wildman–Crippen LogP) is 2.88. The zero-order valence-corrected chi connectivity index (χ0v) is 17.8. The highest BCUT2D eigenvalue weighted by molar-refractivity contribution is 5.93. The molecule has 1 aliphatic carbocycles. The number of carbonyl (C=O) groups excluding carboxylic acids is 2. The number of aromatic nitrogens is 1. The summed E-state index contributed by atoms with van der Waals surface area (Å²) in [5, 5.41) is 15.5. The number of anilines is 1. The molecule has 2 N–H and O–H groups in total. The molecule has 1 saturated carbocycles. The minimum Gasteiger partial charge on any atom is -0.353 e. The lowest BCUT2D eigenvalue weighted by molar-refractivity contribution is -0.123. The predicted molar refractivity (Wildman–Crippen MR) is 110 cm³/mol. The number of nitrogens with one attached hydrogen (secondary N) is 2. The first-order chi connectivity index (χ1) is 13.3. The van der Waals surface area contributed by atoms with E-state index in [0.717, 1.165) is 24.1 Å². The van der Waals surface area contributed by atoms with Gasteiger partial charge in [-0.3, -0.25) is 14.5 Å². The van der Waals surface area contributed by atoms with Gasteiger partial charge >= 0.3 is 0 Å². The van der Waals surface area contributed by atoms with Gasteiger partial charge in [0.05, 0.1) is 18.7 Å². The van der Waals surface area contributed by atoms with Crippen LogP contribution in [0.1, 0.15) is 69.3 Å². The van der Waals surface area contributed by atoms with Crippen LogP contribution in [0.15, 0.2) is 0 Å². The van der Waals surface area contributed by atoms with E-state index >= 15 is 0 Å². The van der Waals surface area contributed by atoms with Gasteiger partial charge < -0.3 is 15.2 Å². The molecule has 7 heteroatoms. The Morgan fingerprint density at radius 2 is 1.82 bits per heavy atom. The van der Waals surface area contributed by atoms with Crippen molar-refractivity contribution in [2.45, 2.75) is 72.4 Å². The standard InChI is InChI=1S/C21H33N5O2/c1-6-25(12-19(27)23-14(2)3)13-20(28)24-21-18(11-22)15(4)16(5)26(21)17-9-7-8-10-17/h14,17H,6-10,12-13H2,1-5H3,(H,23,27)(H,24,28). The van der Waals surface area contributed by atoms with Crippen molar-refractivity contribution in [2.75, 3.05) is 25.0 Å². The zero-order valence-electron chi connectivity index (χ0n) is 17.8. The number of hydrogen-bond donors (Lipinski definition) is 2. The van der Waals surface area contributed by atoms with Crippen molar-refractivity contribution in [1.82, 2.24) is 14.8 Å². The fourth-order valence-corrected chi connectivity index (χ4v) is 3.93. The summed E-state index contributed by atoms with van der Waals surface area (Å²) in [6.07, 6.45) is 4.48. The van der Waals surface area contributed by atoms with Crippen LogP contribution >= 0.6 is 0 Å². The van der Waals surface area contributed by atoms with E-state index in [-0.39, 0.29) is 30.9 Å². The summed E-state index contributed by atoms with van der Waals surface area (Å²) >= 11 is 0. The maximum Gasteiger partial charge on any atom is 0.239 e. The summed E-state index contributed by atoms with van der Waals surface area (Å²) in [4.78, 5) is 26.5. The molecule has 154 valence electrons. The Labute approximate surface area is 168 Å². The second kappa shape index (κ2) is 9.74. The topological polar surface area (TPSA) is 90.2 Å². The van der Waals surface area contributed by atoms with Crippen LogP contribution < -0.4 is 10.6 Å². The van der Waals surface area contributed by atoms with Crippen LogP contribution in [-0.2, 0) is 9.59 Å². The van der Waals surface area contributed by atoms with Crippen LogP contribution in [0.3, 0.4) is 0 Å². The Morgan fingerprint density at radius 1 is 1.21 bits per heavy atom. The Hall–Kier alpha value is -2.33. The average Bonchev–Trinajstić information content (AvgIpc) is 3.21. The van der Waals surface area contributed by atoms with Gasteiger partial charge in [-0.15, -0.1) is 0 Å². The maximum absolute atomic E-state index is 12.7. The van der Waals surface area contributed by atoms with Crippen molar-refractivity contribution >= 4 is 17.6 Å². The SMILES string of the molecule is CCN(CC(=O)Nc1c(C#N)c(C)c(C)n1C1CCCC1)CC(=O)NC(C)C. The molecule has 2 amide bonds. The number of rotatable bonds is 8. The highest BCUT2D eigenvalue weighted by atomic mass is 16.2. The molecule has 1 aliphatic rings. The Balaban J connectivity index is 2.15. The van der Waals surface area contributed by atoms with Crippen molar-refractivity contribution < 1.29 is 9.59 Å². The van der Waals surface area contributed by atoms with Gasteiger partial charge in [0.2, 0.25) is 11.8 Å². The van der Waals surface area contributed by atoms with Crippen LogP contribution in [-0.4, -0.2) is 47.0 Å². The Bertz CT molecular complexity index is 754. The third kappa shape index (κ3) is 5.14. The number of likely N-dealkylation sites (N-methyl/N-ethyl adjacent to an activating group) is 1. The fourth-order valence-electron chi connectivity index (χ4n) is 3.93. The summed E-state index contributed by atoms with van der Waals surface area (Å²) in [6, 6.07) is 2.66. The van der Waals surface area contributed by atoms with Crippen molar-refractivity contribution in [2.24, 2.45) is 0 Å². The molecule has 1 aromatic rings. The van der Waals surface area contributed by atoms with E-state index in [1.165, 1.54) is 12.8 Å². The lowest BCUT2D eigenvalue weighted by Crippen LogP contribution is -2.43. The highest BCUT2D eigenvalue weighted by Crippen LogP contribution is 2.37. The molecule has 1 fully saturated rings. The van der Waals surface area contributed by atoms with Gasteiger partial charge in [0.25, 0.3) is 0 Å². The largest absolute Gasteiger partial charge is 0.353 e. The molecule has 1 aromatic heterocycles. The van der Waals surface area contributed by atoms with Gasteiger partial charge in [-0.2, -0.15) is 5.26 Å². The molecule has 0 atom stereocenters. The Kier molecular flexibility index (Phi) is 7.64. The first-order valence-electron chi connectivity index (χ1n) is 10.2. The molecule has 0 aliphatic heterocycles. The monoisotopic (exact) mass is 387 g/mol. The van der Waals surface area contributed by atoms with Crippen molar-refractivity contribution in [3.05, 3.63) is 16.8 Å². The zero-order chi connectivity index (χ0) is 20.8. The summed E-state index contributed by atoms with van der Waals surface area (Å²) in [6.45, 7) is 10.6. The molecule has 0 unspecified atom stereocenters. The molecular formula is C21H33N5O2. The average molecular weight is 388 g/mol. The smallest absolute Gasteiger partial charge is 0.239 e. The van der Waals surface area contributed by atoms with Gasteiger partial charge in [-0.25, -0.2) is 0 Å². The summed E-state index contributed by atoms with van der Waals surface area (Å²) in [7, 11) is 0. The van der Waals surface area contributed by atoms with Crippen molar-refractivity contribution in [3.8, 4) is 6.07 Å². The Morgan fingerprint density at radius 3 is 2.36 bits per heavy atom. The van der Waals surface area contributed by atoms with Crippen LogP contribution in [0.2, 0.25) is 0 Å². The molecular weight excluding hydrogens is 354 g/mol. The van der Waals surface area contributed by atoms with Gasteiger partial charge in [-0.05, 0) is 52.6 Å². The van der Waals surface area contributed by atoms with Gasteiger partial charge in [-0.1, -0.05) is 19.8 Å².